The number of nitrogens with one attached hydrogen (secondary N) is 2. The van der Waals surface area contributed by atoms with E-state index in [2.05, 4.69) is 10.6 Å². The predicted octanol–water partition coefficient (Wildman–Crippen LogP) is 2.64. The van der Waals surface area contributed by atoms with Crippen molar-refractivity contribution in [2.75, 3.05) is 6.54 Å². The highest BCUT2D eigenvalue weighted by atomic mass is 35.5. The summed E-state index contributed by atoms with van der Waals surface area (Å²) in [6.45, 7) is 3.79. The molecule has 0 aromatic heterocycles. The van der Waals surface area contributed by atoms with Crippen LogP contribution in [0.4, 0.5) is 0 Å². The van der Waals surface area contributed by atoms with Crippen LogP contribution >= 0.6 is 23.2 Å². The first-order chi connectivity index (χ1) is 8.93. The summed E-state index contributed by atoms with van der Waals surface area (Å²) in [6.07, 6.45) is 0.836. The van der Waals surface area contributed by atoms with Gasteiger partial charge in [0.1, 0.15) is 0 Å². The van der Waals surface area contributed by atoms with Gasteiger partial charge in [-0.25, -0.2) is 0 Å². The number of benzene rings is 1. The molecule has 0 aliphatic heterocycles. The summed E-state index contributed by atoms with van der Waals surface area (Å²) in [6, 6.07) is 4.66. The molecule has 19 heavy (non-hydrogen) atoms. The lowest BCUT2D eigenvalue weighted by Crippen LogP contribution is -2.40. The number of amides is 2. The molecule has 2 N–H and O–H groups in total. The van der Waals surface area contributed by atoms with E-state index in [4.69, 9.17) is 23.2 Å². The van der Waals surface area contributed by atoms with E-state index < -0.39 is 5.91 Å². The Bertz CT molecular complexity index is 478. The highest BCUT2D eigenvalue weighted by Crippen LogP contribution is 2.20. The number of rotatable bonds is 5. The molecular weight excluding hydrogens is 287 g/mol. The number of carbonyl (C=O) groups is 2. The Labute approximate surface area is 122 Å². The Balaban J connectivity index is 2.54. The molecule has 0 saturated carbocycles. The minimum atomic E-state index is -0.402. The van der Waals surface area contributed by atoms with Gasteiger partial charge in [-0.3, -0.25) is 9.59 Å². The van der Waals surface area contributed by atoms with Crippen LogP contribution in [0, 0.1) is 0 Å². The largest absolute Gasteiger partial charge is 0.352 e. The highest BCUT2D eigenvalue weighted by molar-refractivity contribution is 6.36. The van der Waals surface area contributed by atoms with Gasteiger partial charge in [0.2, 0.25) is 5.91 Å². The van der Waals surface area contributed by atoms with Crippen LogP contribution in [0.25, 0.3) is 0 Å². The minimum absolute atomic E-state index is 0.0812. The fourth-order valence-corrected chi connectivity index (χ4v) is 1.85. The molecular formula is C13H16Cl2N2O2. The Morgan fingerprint density at radius 1 is 1.32 bits per heavy atom. The normalized spacial score (nSPS) is 11.8. The zero-order valence-corrected chi connectivity index (χ0v) is 12.3. The third-order valence-corrected chi connectivity index (χ3v) is 3.15. The van der Waals surface area contributed by atoms with Gasteiger partial charge >= 0.3 is 0 Å². The van der Waals surface area contributed by atoms with Crippen LogP contribution in [0.1, 0.15) is 30.6 Å². The number of halogens is 2. The molecule has 104 valence electrons. The molecule has 0 saturated heterocycles. The summed E-state index contributed by atoms with van der Waals surface area (Å²) in [4.78, 5) is 23.3. The average molecular weight is 303 g/mol. The molecule has 0 radical (unpaired) electrons. The Morgan fingerprint density at radius 2 is 2.00 bits per heavy atom. The maximum Gasteiger partial charge on any atom is 0.253 e. The van der Waals surface area contributed by atoms with Crippen molar-refractivity contribution in [1.82, 2.24) is 10.6 Å². The smallest absolute Gasteiger partial charge is 0.253 e. The van der Waals surface area contributed by atoms with E-state index in [0.29, 0.717) is 10.6 Å². The molecule has 1 atom stereocenters. The Kier molecular flexibility index (Phi) is 6.12. The van der Waals surface area contributed by atoms with Crippen molar-refractivity contribution >= 4 is 35.0 Å². The van der Waals surface area contributed by atoms with Gasteiger partial charge in [-0.15, -0.1) is 0 Å². The molecule has 0 aliphatic rings. The van der Waals surface area contributed by atoms with Crippen LogP contribution in [0.3, 0.4) is 0 Å². The highest BCUT2D eigenvalue weighted by Gasteiger charge is 2.12. The van der Waals surface area contributed by atoms with Crippen LogP contribution in [-0.2, 0) is 4.79 Å². The first-order valence-electron chi connectivity index (χ1n) is 5.96. The van der Waals surface area contributed by atoms with Crippen molar-refractivity contribution < 1.29 is 9.59 Å². The molecule has 0 bridgehead atoms. The third-order valence-electron chi connectivity index (χ3n) is 2.61. The molecule has 2 amide bonds. The van der Waals surface area contributed by atoms with Gasteiger partial charge in [0.05, 0.1) is 17.1 Å². The zero-order chi connectivity index (χ0) is 14.4. The Morgan fingerprint density at radius 3 is 2.58 bits per heavy atom. The molecule has 0 heterocycles. The molecule has 0 spiro atoms. The van der Waals surface area contributed by atoms with Gasteiger partial charge in [-0.05, 0) is 31.5 Å². The molecule has 0 aliphatic carbocycles. The van der Waals surface area contributed by atoms with Crippen LogP contribution < -0.4 is 10.6 Å². The molecule has 1 aromatic carbocycles. The van der Waals surface area contributed by atoms with Crippen molar-refractivity contribution in [3.05, 3.63) is 33.8 Å². The van der Waals surface area contributed by atoms with E-state index in [1.165, 1.54) is 12.1 Å². The minimum Gasteiger partial charge on any atom is -0.352 e. The molecule has 1 rings (SSSR count). The zero-order valence-electron chi connectivity index (χ0n) is 10.8. The van der Waals surface area contributed by atoms with Crippen molar-refractivity contribution in [1.29, 1.82) is 0 Å². The van der Waals surface area contributed by atoms with E-state index >= 15 is 0 Å². The van der Waals surface area contributed by atoms with Crippen molar-refractivity contribution in [3.8, 4) is 0 Å². The van der Waals surface area contributed by atoms with Gasteiger partial charge in [-0.2, -0.15) is 0 Å². The molecule has 4 nitrogen and oxygen atoms in total. The van der Waals surface area contributed by atoms with E-state index in [0.717, 1.165) is 6.42 Å². The molecule has 0 fully saturated rings. The van der Waals surface area contributed by atoms with Crippen LogP contribution in [0.15, 0.2) is 18.2 Å². The topological polar surface area (TPSA) is 58.2 Å². The molecule has 1 aromatic rings. The quantitative estimate of drug-likeness (QED) is 0.878. The predicted molar refractivity (Wildman–Crippen MR) is 76.7 cm³/mol. The lowest BCUT2D eigenvalue weighted by atomic mass is 10.2. The van der Waals surface area contributed by atoms with Gasteiger partial charge in [0.15, 0.2) is 0 Å². The monoisotopic (exact) mass is 302 g/mol. The lowest BCUT2D eigenvalue weighted by Gasteiger charge is -2.12. The van der Waals surface area contributed by atoms with Crippen molar-refractivity contribution in [2.24, 2.45) is 0 Å². The van der Waals surface area contributed by atoms with E-state index in [9.17, 15) is 9.59 Å². The van der Waals surface area contributed by atoms with Crippen molar-refractivity contribution in [3.63, 3.8) is 0 Å². The SMILES string of the molecule is CC[C@H](C)NC(=O)CNC(=O)c1ccc(Cl)cc1Cl. The van der Waals surface area contributed by atoms with Gasteiger partial charge in [0, 0.05) is 11.1 Å². The number of carbonyl (C=O) groups excluding carboxylic acids is 2. The van der Waals surface area contributed by atoms with E-state index in [1.807, 2.05) is 13.8 Å². The van der Waals surface area contributed by atoms with Gasteiger partial charge in [0.25, 0.3) is 5.91 Å². The van der Waals surface area contributed by atoms with Crippen LogP contribution in [0.5, 0.6) is 0 Å². The number of hydrogen-bond donors (Lipinski definition) is 2. The number of hydrogen-bond acceptors (Lipinski definition) is 2. The summed E-state index contributed by atoms with van der Waals surface area (Å²) in [7, 11) is 0. The van der Waals surface area contributed by atoms with E-state index in [-0.39, 0.29) is 23.5 Å². The summed E-state index contributed by atoms with van der Waals surface area (Å²) in [5.41, 5.74) is 0.294. The van der Waals surface area contributed by atoms with Crippen LogP contribution in [-0.4, -0.2) is 24.4 Å². The molecule has 0 unspecified atom stereocenters. The Hall–Kier alpha value is -1.26. The molecule has 6 heteroatoms. The second kappa shape index (κ2) is 7.36. The fraction of sp³-hybridized carbons (Fsp3) is 0.385. The standard InChI is InChI=1S/C13H16Cl2N2O2/c1-3-8(2)17-12(18)7-16-13(19)10-5-4-9(14)6-11(10)15/h4-6,8H,3,7H2,1-2H3,(H,16,19)(H,17,18)/t8-/m0/s1. The third kappa shape index (κ3) is 5.09. The summed E-state index contributed by atoms with van der Waals surface area (Å²) < 4.78 is 0. The fourth-order valence-electron chi connectivity index (χ4n) is 1.36. The van der Waals surface area contributed by atoms with Crippen LogP contribution in [0.2, 0.25) is 10.0 Å². The van der Waals surface area contributed by atoms with Gasteiger partial charge < -0.3 is 10.6 Å². The second-order valence-corrected chi connectivity index (χ2v) is 5.03. The maximum atomic E-state index is 11.8. The summed E-state index contributed by atoms with van der Waals surface area (Å²) in [5, 5.41) is 5.97. The summed E-state index contributed by atoms with van der Waals surface area (Å²) in [5.74, 6) is -0.631. The lowest BCUT2D eigenvalue weighted by molar-refractivity contribution is -0.120. The van der Waals surface area contributed by atoms with E-state index in [1.54, 1.807) is 6.07 Å². The first-order valence-corrected chi connectivity index (χ1v) is 6.72. The van der Waals surface area contributed by atoms with Crippen molar-refractivity contribution in [2.45, 2.75) is 26.3 Å². The maximum absolute atomic E-state index is 11.8. The first kappa shape index (κ1) is 15.8. The van der Waals surface area contributed by atoms with Gasteiger partial charge in [-0.1, -0.05) is 30.1 Å². The average Bonchev–Trinajstić information content (AvgIpc) is 2.35. The second-order valence-electron chi connectivity index (χ2n) is 4.18. The summed E-state index contributed by atoms with van der Waals surface area (Å²) >= 11 is 11.6.